The van der Waals surface area contributed by atoms with Crippen molar-refractivity contribution in [2.45, 2.75) is 38.2 Å². The molecule has 0 amide bonds. The first-order valence-electron chi connectivity index (χ1n) is 4.58. The number of rotatable bonds is 2. The average Bonchev–Trinajstić information content (AvgIpc) is 2.45. The average molecular weight is 245 g/mol. The van der Waals surface area contributed by atoms with Gasteiger partial charge in [0.25, 0.3) is 0 Å². The summed E-state index contributed by atoms with van der Waals surface area (Å²) in [5.74, 6) is -4.83. The first-order chi connectivity index (χ1) is 7.09. The molecule has 8 heteroatoms. The van der Waals surface area contributed by atoms with Crippen molar-refractivity contribution in [1.82, 2.24) is 9.91 Å². The monoisotopic (exact) mass is 245 g/mol. The van der Waals surface area contributed by atoms with Crippen LogP contribution in [-0.2, 0) is 0 Å². The minimum Gasteiger partial charge on any atom is -0.337 e. The van der Waals surface area contributed by atoms with Gasteiger partial charge in [0.15, 0.2) is 6.17 Å². The van der Waals surface area contributed by atoms with Gasteiger partial charge in [-0.25, -0.2) is 0 Å². The first kappa shape index (κ1) is 13.0. The van der Waals surface area contributed by atoms with Crippen LogP contribution in [0.25, 0.3) is 0 Å². The highest BCUT2D eigenvalue weighted by Gasteiger charge is 2.66. The molecule has 1 rings (SSSR count). The molecule has 1 atom stereocenters. The van der Waals surface area contributed by atoms with Gasteiger partial charge in [0, 0.05) is 13.1 Å². The van der Waals surface area contributed by atoms with Crippen molar-refractivity contribution in [1.29, 1.82) is 0 Å². The highest BCUT2D eigenvalue weighted by Crippen LogP contribution is 2.42. The van der Waals surface area contributed by atoms with E-state index in [-0.39, 0.29) is 0 Å². The van der Waals surface area contributed by atoms with Gasteiger partial charge in [-0.2, -0.15) is 27.1 Å². The van der Waals surface area contributed by atoms with E-state index in [9.17, 15) is 22.0 Å². The Morgan fingerprint density at radius 2 is 1.69 bits per heavy atom. The molecular weight excluding hydrogens is 233 g/mol. The lowest BCUT2D eigenvalue weighted by molar-refractivity contribution is -0.314. The summed E-state index contributed by atoms with van der Waals surface area (Å²) in [7, 11) is 1.14. The maximum Gasteiger partial charge on any atom is 0.457 e. The zero-order chi connectivity index (χ0) is 12.7. The topological polar surface area (TPSA) is 18.8 Å². The van der Waals surface area contributed by atoms with Crippen molar-refractivity contribution < 1.29 is 22.0 Å². The lowest BCUT2D eigenvalue weighted by Gasteiger charge is -2.36. The van der Waals surface area contributed by atoms with Gasteiger partial charge in [-0.1, -0.05) is 0 Å². The Balaban J connectivity index is 3.02. The second-order valence-corrected chi connectivity index (χ2v) is 3.86. The summed E-state index contributed by atoms with van der Waals surface area (Å²) in [6.45, 7) is 2.99. The van der Waals surface area contributed by atoms with Crippen molar-refractivity contribution in [2.75, 3.05) is 7.05 Å². The summed E-state index contributed by atoms with van der Waals surface area (Å²) in [4.78, 5) is 0.757. The van der Waals surface area contributed by atoms with Crippen LogP contribution in [-0.4, -0.2) is 47.6 Å². The minimum absolute atomic E-state index is 0.542. The number of hydrogen-bond donors (Lipinski definition) is 0. The quantitative estimate of drug-likeness (QED) is 0.694. The Morgan fingerprint density at radius 1 is 1.19 bits per heavy atom. The number of hydrazone groups is 1. The minimum atomic E-state index is -5.59. The fourth-order valence-corrected chi connectivity index (χ4v) is 1.44. The van der Waals surface area contributed by atoms with Crippen LogP contribution < -0.4 is 0 Å². The molecule has 0 aromatic carbocycles. The maximum atomic E-state index is 13.2. The van der Waals surface area contributed by atoms with Crippen LogP contribution in [0.3, 0.4) is 0 Å². The SMILES string of the molecule is CC(C)N1N=CN(C)C1C(F)(F)C(F)(F)F. The maximum absolute atomic E-state index is 13.2. The smallest absolute Gasteiger partial charge is 0.337 e. The Bertz CT molecular complexity index is 286. The second kappa shape index (κ2) is 3.74. The normalized spacial score (nSPS) is 22.4. The van der Waals surface area contributed by atoms with Crippen LogP contribution in [0.1, 0.15) is 13.8 Å². The third-order valence-corrected chi connectivity index (χ3v) is 2.23. The highest BCUT2D eigenvalue weighted by molar-refractivity contribution is 5.57. The first-order valence-corrected chi connectivity index (χ1v) is 4.58. The van der Waals surface area contributed by atoms with Crippen molar-refractivity contribution >= 4 is 6.34 Å². The largest absolute Gasteiger partial charge is 0.457 e. The van der Waals surface area contributed by atoms with Gasteiger partial charge in [0.05, 0.1) is 0 Å². The number of alkyl halides is 5. The molecule has 1 heterocycles. The molecule has 3 nitrogen and oxygen atoms in total. The highest BCUT2D eigenvalue weighted by atomic mass is 19.4. The Morgan fingerprint density at radius 3 is 2.06 bits per heavy atom. The van der Waals surface area contributed by atoms with Crippen molar-refractivity contribution in [3.05, 3.63) is 0 Å². The molecule has 0 spiro atoms. The number of hydrogen-bond acceptors (Lipinski definition) is 3. The zero-order valence-corrected chi connectivity index (χ0v) is 8.96. The number of nitrogens with zero attached hydrogens (tertiary/aromatic N) is 3. The third-order valence-electron chi connectivity index (χ3n) is 2.23. The van der Waals surface area contributed by atoms with Gasteiger partial charge >= 0.3 is 12.1 Å². The fourth-order valence-electron chi connectivity index (χ4n) is 1.44. The summed E-state index contributed by atoms with van der Waals surface area (Å²) < 4.78 is 63.1. The molecule has 1 aliphatic heterocycles. The molecule has 1 unspecified atom stereocenters. The van der Waals surface area contributed by atoms with Crippen LogP contribution >= 0.6 is 0 Å². The molecule has 0 bridgehead atoms. The van der Waals surface area contributed by atoms with Crippen LogP contribution in [0.5, 0.6) is 0 Å². The summed E-state index contributed by atoms with van der Waals surface area (Å²) in [5.41, 5.74) is 0. The van der Waals surface area contributed by atoms with Crippen LogP contribution in [0.2, 0.25) is 0 Å². The van der Waals surface area contributed by atoms with Crippen molar-refractivity contribution in [3.8, 4) is 0 Å². The third kappa shape index (κ3) is 1.92. The lowest BCUT2D eigenvalue weighted by atomic mass is 10.2. The van der Waals surface area contributed by atoms with Gasteiger partial charge in [-0.15, -0.1) is 0 Å². The van der Waals surface area contributed by atoms with E-state index >= 15 is 0 Å². The van der Waals surface area contributed by atoms with Gasteiger partial charge in [-0.05, 0) is 13.8 Å². The molecule has 0 saturated heterocycles. The van der Waals surface area contributed by atoms with E-state index in [0.717, 1.165) is 23.3 Å². The van der Waals surface area contributed by atoms with Crippen LogP contribution in [0, 0.1) is 0 Å². The van der Waals surface area contributed by atoms with Crippen LogP contribution in [0.15, 0.2) is 5.10 Å². The van der Waals surface area contributed by atoms with Gasteiger partial charge in [-0.3, -0.25) is 5.01 Å². The molecule has 0 saturated carbocycles. The molecule has 0 aromatic heterocycles. The second-order valence-electron chi connectivity index (χ2n) is 3.86. The molecule has 0 N–H and O–H groups in total. The predicted octanol–water partition coefficient (Wildman–Crippen LogP) is 2.11. The standard InChI is InChI=1S/C8H12F5N3/c1-5(2)16-6(15(3)4-14-16)7(9,10)8(11,12)13/h4-6H,1-3H3. The summed E-state index contributed by atoms with van der Waals surface area (Å²) in [6.07, 6.45) is -6.75. The van der Waals surface area contributed by atoms with Crippen molar-refractivity contribution in [2.24, 2.45) is 5.10 Å². The van der Waals surface area contributed by atoms with Gasteiger partial charge in [0.1, 0.15) is 6.34 Å². The summed E-state index contributed by atoms with van der Waals surface area (Å²) >= 11 is 0. The molecule has 1 aliphatic rings. The van der Waals surface area contributed by atoms with E-state index < -0.39 is 24.3 Å². The summed E-state index contributed by atoms with van der Waals surface area (Å²) in [6, 6.07) is -0.542. The predicted molar refractivity (Wildman–Crippen MR) is 48.0 cm³/mol. The van der Waals surface area contributed by atoms with E-state index in [0.29, 0.717) is 0 Å². The molecule has 0 fully saturated rings. The van der Waals surface area contributed by atoms with E-state index in [1.165, 1.54) is 13.8 Å². The molecule has 16 heavy (non-hydrogen) atoms. The van der Waals surface area contributed by atoms with E-state index in [4.69, 9.17) is 0 Å². The fraction of sp³-hybridized carbons (Fsp3) is 0.875. The molecule has 0 aliphatic carbocycles. The van der Waals surface area contributed by atoms with E-state index in [2.05, 4.69) is 5.10 Å². The Kier molecular flexibility index (Phi) is 3.04. The zero-order valence-electron chi connectivity index (χ0n) is 8.96. The van der Waals surface area contributed by atoms with Gasteiger partial charge in [0.2, 0.25) is 0 Å². The van der Waals surface area contributed by atoms with E-state index in [1.54, 1.807) is 0 Å². The molecule has 94 valence electrons. The van der Waals surface area contributed by atoms with Crippen LogP contribution in [0.4, 0.5) is 22.0 Å². The van der Waals surface area contributed by atoms with E-state index in [1.807, 2.05) is 0 Å². The Hall–Kier alpha value is -1.08. The molecule has 0 aromatic rings. The Labute approximate surface area is 89.5 Å². The van der Waals surface area contributed by atoms with Gasteiger partial charge < -0.3 is 4.90 Å². The number of halogens is 5. The summed E-state index contributed by atoms with van der Waals surface area (Å²) in [5, 5.41) is 4.28. The molecular formula is C8H12F5N3. The van der Waals surface area contributed by atoms with Crippen molar-refractivity contribution in [3.63, 3.8) is 0 Å². The molecule has 0 radical (unpaired) electrons. The lowest BCUT2D eigenvalue weighted by Crippen LogP contribution is -2.59.